The van der Waals surface area contributed by atoms with E-state index >= 15 is 0 Å². The summed E-state index contributed by atoms with van der Waals surface area (Å²) in [5.41, 5.74) is 8.01. The highest BCUT2D eigenvalue weighted by Gasteiger charge is 2.21. The highest BCUT2D eigenvalue weighted by atomic mass is 15.2. The second-order valence-corrected chi connectivity index (χ2v) is 6.00. The molecule has 1 aliphatic heterocycles. The molecule has 0 aromatic carbocycles. The van der Waals surface area contributed by atoms with Gasteiger partial charge in [0.05, 0.1) is 0 Å². The monoisotopic (exact) mass is 298 g/mol. The lowest BCUT2D eigenvalue weighted by atomic mass is 10.0. The van der Waals surface area contributed by atoms with E-state index in [2.05, 4.69) is 32.1 Å². The lowest BCUT2D eigenvalue weighted by Crippen LogP contribution is -2.35. The van der Waals surface area contributed by atoms with Crippen molar-refractivity contribution in [3.8, 4) is 0 Å². The van der Waals surface area contributed by atoms with Gasteiger partial charge in [-0.05, 0) is 43.4 Å². The molecule has 3 N–H and O–H groups in total. The average Bonchev–Trinajstić information content (AvgIpc) is 2.49. The van der Waals surface area contributed by atoms with Gasteiger partial charge in [0.15, 0.2) is 11.6 Å². The van der Waals surface area contributed by atoms with Crippen LogP contribution in [0.25, 0.3) is 0 Å². The van der Waals surface area contributed by atoms with Gasteiger partial charge in [0, 0.05) is 19.3 Å². The van der Waals surface area contributed by atoms with Gasteiger partial charge in [-0.15, -0.1) is 0 Å². The van der Waals surface area contributed by atoms with Gasteiger partial charge in [0.2, 0.25) is 0 Å². The van der Waals surface area contributed by atoms with Crippen molar-refractivity contribution in [1.82, 2.24) is 15.0 Å². The Bertz CT molecular complexity index is 657. The van der Waals surface area contributed by atoms with Gasteiger partial charge in [0.25, 0.3) is 0 Å². The van der Waals surface area contributed by atoms with Crippen LogP contribution in [0.1, 0.15) is 25.3 Å². The summed E-state index contributed by atoms with van der Waals surface area (Å²) in [5, 5.41) is 3.19. The first-order valence-corrected chi connectivity index (χ1v) is 7.68. The third-order valence-electron chi connectivity index (χ3n) is 3.98. The summed E-state index contributed by atoms with van der Waals surface area (Å²) < 4.78 is 0. The number of aromatic nitrogens is 3. The van der Waals surface area contributed by atoms with Crippen molar-refractivity contribution < 1.29 is 0 Å². The standard InChI is InChI=1S/C16H22N6/c1-11-5-6-18-13(8-11)21-15-14(17)16(20-10-19-15)22-7-3-4-12(2)9-22/h5-6,8,10,12H,3-4,7,9,17H2,1-2H3,(H,18,19,20,21). The van der Waals surface area contributed by atoms with E-state index in [1.807, 2.05) is 19.1 Å². The van der Waals surface area contributed by atoms with E-state index in [1.165, 1.54) is 12.8 Å². The lowest BCUT2D eigenvalue weighted by molar-refractivity contribution is 0.445. The lowest BCUT2D eigenvalue weighted by Gasteiger charge is -2.32. The highest BCUT2D eigenvalue weighted by molar-refractivity contribution is 5.77. The Labute approximate surface area is 130 Å². The van der Waals surface area contributed by atoms with Gasteiger partial charge in [-0.25, -0.2) is 15.0 Å². The molecule has 0 aliphatic carbocycles. The van der Waals surface area contributed by atoms with Crippen LogP contribution in [0.15, 0.2) is 24.7 Å². The molecule has 6 nitrogen and oxygen atoms in total. The second kappa shape index (κ2) is 6.17. The Hall–Kier alpha value is -2.37. The summed E-state index contributed by atoms with van der Waals surface area (Å²) in [5.74, 6) is 2.83. The number of rotatable bonds is 3. The molecule has 2 aromatic rings. The normalized spacial score (nSPS) is 18.3. The fourth-order valence-corrected chi connectivity index (χ4v) is 2.85. The van der Waals surface area contributed by atoms with Crippen molar-refractivity contribution in [3.05, 3.63) is 30.2 Å². The number of nitrogen functional groups attached to an aromatic ring is 1. The molecule has 0 amide bonds. The molecular weight excluding hydrogens is 276 g/mol. The van der Waals surface area contributed by atoms with Crippen LogP contribution in [0.3, 0.4) is 0 Å². The van der Waals surface area contributed by atoms with E-state index in [9.17, 15) is 0 Å². The van der Waals surface area contributed by atoms with Crippen molar-refractivity contribution in [3.63, 3.8) is 0 Å². The minimum Gasteiger partial charge on any atom is -0.393 e. The van der Waals surface area contributed by atoms with E-state index in [1.54, 1.807) is 12.5 Å². The zero-order valence-electron chi connectivity index (χ0n) is 13.1. The Morgan fingerprint density at radius 2 is 2.18 bits per heavy atom. The number of pyridine rings is 1. The van der Waals surface area contributed by atoms with E-state index in [0.29, 0.717) is 17.4 Å². The number of piperidine rings is 1. The van der Waals surface area contributed by atoms with Gasteiger partial charge >= 0.3 is 0 Å². The van der Waals surface area contributed by atoms with Crippen molar-refractivity contribution in [1.29, 1.82) is 0 Å². The predicted molar refractivity (Wildman–Crippen MR) is 89.3 cm³/mol. The molecule has 1 saturated heterocycles. The Morgan fingerprint density at radius 1 is 1.32 bits per heavy atom. The van der Waals surface area contributed by atoms with Gasteiger partial charge in [-0.2, -0.15) is 0 Å². The molecule has 0 spiro atoms. The maximum absolute atomic E-state index is 6.29. The molecule has 116 valence electrons. The molecule has 2 aromatic heterocycles. The zero-order valence-corrected chi connectivity index (χ0v) is 13.1. The molecule has 6 heteroatoms. The number of nitrogens with one attached hydrogen (secondary N) is 1. The van der Waals surface area contributed by atoms with Gasteiger partial charge < -0.3 is 16.0 Å². The third-order valence-corrected chi connectivity index (χ3v) is 3.98. The Kier molecular flexibility index (Phi) is 4.09. The molecule has 0 radical (unpaired) electrons. The van der Waals surface area contributed by atoms with Crippen LogP contribution in [-0.4, -0.2) is 28.0 Å². The Morgan fingerprint density at radius 3 is 2.95 bits per heavy atom. The van der Waals surface area contributed by atoms with Gasteiger partial charge in [-0.3, -0.25) is 0 Å². The molecule has 1 fully saturated rings. The SMILES string of the molecule is Cc1ccnc(Nc2ncnc(N3CCCC(C)C3)c2N)c1. The van der Waals surface area contributed by atoms with Crippen LogP contribution >= 0.6 is 0 Å². The minimum absolute atomic E-state index is 0.583. The molecule has 1 unspecified atom stereocenters. The number of nitrogens with two attached hydrogens (primary N) is 1. The topological polar surface area (TPSA) is 80.0 Å². The maximum Gasteiger partial charge on any atom is 0.160 e. The van der Waals surface area contributed by atoms with E-state index in [-0.39, 0.29) is 0 Å². The minimum atomic E-state index is 0.583. The van der Waals surface area contributed by atoms with Crippen molar-refractivity contribution in [2.24, 2.45) is 5.92 Å². The third kappa shape index (κ3) is 3.10. The van der Waals surface area contributed by atoms with E-state index in [0.717, 1.165) is 30.3 Å². The van der Waals surface area contributed by atoms with Crippen LogP contribution in [-0.2, 0) is 0 Å². The fraction of sp³-hybridized carbons (Fsp3) is 0.438. The van der Waals surface area contributed by atoms with Crippen molar-refractivity contribution >= 4 is 23.1 Å². The molecule has 3 heterocycles. The Balaban J connectivity index is 1.85. The average molecular weight is 298 g/mol. The predicted octanol–water partition coefficient (Wildman–Crippen LogP) is 2.74. The molecule has 1 aliphatic rings. The van der Waals surface area contributed by atoms with E-state index < -0.39 is 0 Å². The summed E-state index contributed by atoms with van der Waals surface area (Å²) in [7, 11) is 0. The summed E-state index contributed by atoms with van der Waals surface area (Å²) in [6.45, 7) is 6.27. The molecule has 1 atom stereocenters. The first-order valence-electron chi connectivity index (χ1n) is 7.68. The number of anilines is 4. The fourth-order valence-electron chi connectivity index (χ4n) is 2.85. The number of nitrogens with zero attached hydrogens (tertiary/aromatic N) is 4. The molecule has 3 rings (SSSR count). The summed E-state index contributed by atoms with van der Waals surface area (Å²) in [6.07, 6.45) is 5.76. The number of aryl methyl sites for hydroxylation is 1. The quantitative estimate of drug-likeness (QED) is 0.907. The number of hydrogen-bond donors (Lipinski definition) is 2. The van der Waals surface area contributed by atoms with Crippen LogP contribution < -0.4 is 16.0 Å². The number of hydrogen-bond acceptors (Lipinski definition) is 6. The molecule has 0 bridgehead atoms. The van der Waals surface area contributed by atoms with Gasteiger partial charge in [-0.1, -0.05) is 6.92 Å². The summed E-state index contributed by atoms with van der Waals surface area (Å²) in [4.78, 5) is 15.2. The van der Waals surface area contributed by atoms with Crippen LogP contribution in [0, 0.1) is 12.8 Å². The highest BCUT2D eigenvalue weighted by Crippen LogP contribution is 2.30. The second-order valence-electron chi connectivity index (χ2n) is 6.00. The first-order chi connectivity index (χ1) is 10.6. The van der Waals surface area contributed by atoms with Crippen molar-refractivity contribution in [2.45, 2.75) is 26.7 Å². The maximum atomic E-state index is 6.29. The van der Waals surface area contributed by atoms with Gasteiger partial charge in [0.1, 0.15) is 17.8 Å². The molecular formula is C16H22N6. The van der Waals surface area contributed by atoms with Crippen LogP contribution in [0.5, 0.6) is 0 Å². The molecule has 0 saturated carbocycles. The van der Waals surface area contributed by atoms with Crippen LogP contribution in [0.4, 0.5) is 23.1 Å². The van der Waals surface area contributed by atoms with E-state index in [4.69, 9.17) is 5.73 Å². The van der Waals surface area contributed by atoms with Crippen molar-refractivity contribution in [2.75, 3.05) is 29.0 Å². The zero-order chi connectivity index (χ0) is 15.5. The summed E-state index contributed by atoms with van der Waals surface area (Å²) in [6, 6.07) is 3.92. The summed E-state index contributed by atoms with van der Waals surface area (Å²) >= 11 is 0. The largest absolute Gasteiger partial charge is 0.393 e. The molecule has 22 heavy (non-hydrogen) atoms. The first kappa shape index (κ1) is 14.6. The van der Waals surface area contributed by atoms with Crippen LogP contribution in [0.2, 0.25) is 0 Å². The smallest absolute Gasteiger partial charge is 0.160 e.